The van der Waals surface area contributed by atoms with Crippen LogP contribution in [0, 0.1) is 0 Å². The van der Waals surface area contributed by atoms with Crippen LogP contribution in [0.4, 0.5) is 5.13 Å². The molecule has 6 nitrogen and oxygen atoms in total. The second-order valence-electron chi connectivity index (χ2n) is 5.76. The number of hydrogen-bond acceptors (Lipinski definition) is 5. The molecule has 3 aromatic heterocycles. The van der Waals surface area contributed by atoms with E-state index < -0.39 is 0 Å². The Hall–Kier alpha value is -3.45. The molecule has 0 aliphatic carbocycles. The van der Waals surface area contributed by atoms with Crippen LogP contribution in [0.2, 0.25) is 0 Å². The zero-order chi connectivity index (χ0) is 17.5. The van der Waals surface area contributed by atoms with Gasteiger partial charge in [0.1, 0.15) is 11.3 Å². The van der Waals surface area contributed by atoms with E-state index in [4.69, 9.17) is 4.42 Å². The number of benzene rings is 2. The van der Waals surface area contributed by atoms with Crippen molar-refractivity contribution < 1.29 is 9.21 Å². The average molecular weight is 360 g/mol. The summed E-state index contributed by atoms with van der Waals surface area (Å²) in [6, 6.07) is 17.2. The van der Waals surface area contributed by atoms with E-state index in [2.05, 4.69) is 20.5 Å². The van der Waals surface area contributed by atoms with Gasteiger partial charge >= 0.3 is 0 Å². The third-order valence-corrected chi connectivity index (χ3v) is 4.85. The van der Waals surface area contributed by atoms with E-state index in [-0.39, 0.29) is 5.91 Å². The van der Waals surface area contributed by atoms with E-state index in [0.717, 1.165) is 21.9 Å². The van der Waals surface area contributed by atoms with Gasteiger partial charge in [0.05, 0.1) is 5.52 Å². The summed E-state index contributed by atoms with van der Waals surface area (Å²) in [7, 11) is 0. The Bertz CT molecular complexity index is 1220. The first-order valence-electron chi connectivity index (χ1n) is 7.97. The first kappa shape index (κ1) is 14.9. The van der Waals surface area contributed by atoms with Crippen LogP contribution in [-0.4, -0.2) is 21.1 Å². The molecule has 0 aliphatic heterocycles. The third kappa shape index (κ3) is 2.46. The molecule has 0 fully saturated rings. The maximum absolute atomic E-state index is 12.5. The Morgan fingerprint density at radius 2 is 1.96 bits per heavy atom. The first-order valence-corrected chi connectivity index (χ1v) is 8.85. The number of aromatic nitrogens is 3. The minimum absolute atomic E-state index is 0.298. The van der Waals surface area contributed by atoms with Gasteiger partial charge < -0.3 is 4.42 Å². The molecule has 0 spiro atoms. The van der Waals surface area contributed by atoms with E-state index in [1.165, 1.54) is 11.3 Å². The van der Waals surface area contributed by atoms with E-state index in [1.54, 1.807) is 0 Å². The minimum atomic E-state index is -0.298. The molecular weight excluding hydrogens is 348 g/mol. The van der Waals surface area contributed by atoms with Gasteiger partial charge in [0.15, 0.2) is 16.6 Å². The Morgan fingerprint density at radius 3 is 2.88 bits per heavy atom. The maximum atomic E-state index is 12.5. The SMILES string of the molecule is O=C(Nc1nc(-c2cc3ccccc3o2)cs1)c1n[nH]c2ccccc12. The molecule has 0 aliphatic rings. The van der Waals surface area contributed by atoms with Gasteiger partial charge in [-0.05, 0) is 18.2 Å². The molecule has 26 heavy (non-hydrogen) atoms. The quantitative estimate of drug-likeness (QED) is 0.489. The van der Waals surface area contributed by atoms with Crippen LogP contribution in [-0.2, 0) is 0 Å². The second-order valence-corrected chi connectivity index (χ2v) is 6.62. The number of carbonyl (C=O) groups is 1. The van der Waals surface area contributed by atoms with Crippen LogP contribution >= 0.6 is 11.3 Å². The number of fused-ring (bicyclic) bond motifs is 2. The molecule has 3 heterocycles. The number of amides is 1. The third-order valence-electron chi connectivity index (χ3n) is 4.09. The van der Waals surface area contributed by atoms with Gasteiger partial charge in [0.25, 0.3) is 5.91 Å². The summed E-state index contributed by atoms with van der Waals surface area (Å²) in [5.74, 6) is 0.376. The fourth-order valence-corrected chi connectivity index (χ4v) is 3.54. The second kappa shape index (κ2) is 5.82. The van der Waals surface area contributed by atoms with Crippen molar-refractivity contribution in [2.45, 2.75) is 0 Å². The molecule has 0 unspecified atom stereocenters. The van der Waals surface area contributed by atoms with Crippen molar-refractivity contribution in [2.24, 2.45) is 0 Å². The van der Waals surface area contributed by atoms with Gasteiger partial charge in [-0.25, -0.2) is 4.98 Å². The fraction of sp³-hybridized carbons (Fsp3) is 0. The van der Waals surface area contributed by atoms with Crippen LogP contribution in [0.5, 0.6) is 0 Å². The standard InChI is InChI=1S/C19H12N4O2S/c24-18(17-12-6-2-3-7-13(12)22-23-17)21-19-20-14(10-26-19)16-9-11-5-1-4-8-15(11)25-16/h1-10H,(H,22,23)(H,20,21,24). The van der Waals surface area contributed by atoms with Crippen molar-refractivity contribution in [1.82, 2.24) is 15.2 Å². The summed E-state index contributed by atoms with van der Waals surface area (Å²) in [5.41, 5.74) is 2.67. The molecule has 2 N–H and O–H groups in total. The van der Waals surface area contributed by atoms with Crippen molar-refractivity contribution in [3.05, 3.63) is 65.7 Å². The Kier molecular flexibility index (Phi) is 3.32. The number of furan rings is 1. The van der Waals surface area contributed by atoms with Crippen molar-refractivity contribution in [3.63, 3.8) is 0 Å². The average Bonchev–Trinajstić information content (AvgIpc) is 3.38. The highest BCUT2D eigenvalue weighted by atomic mass is 32.1. The van der Waals surface area contributed by atoms with Gasteiger partial charge in [-0.15, -0.1) is 11.3 Å². The Balaban J connectivity index is 1.42. The number of nitrogens with one attached hydrogen (secondary N) is 2. The normalized spacial score (nSPS) is 11.2. The maximum Gasteiger partial charge on any atom is 0.278 e. The van der Waals surface area contributed by atoms with Crippen molar-refractivity contribution in [1.29, 1.82) is 0 Å². The summed E-state index contributed by atoms with van der Waals surface area (Å²) in [6.45, 7) is 0. The predicted molar refractivity (Wildman–Crippen MR) is 101 cm³/mol. The largest absolute Gasteiger partial charge is 0.454 e. The van der Waals surface area contributed by atoms with E-state index in [1.807, 2.05) is 60.0 Å². The van der Waals surface area contributed by atoms with Gasteiger partial charge in [-0.3, -0.25) is 15.2 Å². The fourth-order valence-electron chi connectivity index (χ4n) is 2.85. The number of aromatic amines is 1. The van der Waals surface area contributed by atoms with Crippen molar-refractivity contribution >= 4 is 44.2 Å². The van der Waals surface area contributed by atoms with Gasteiger partial charge in [-0.2, -0.15) is 5.10 Å². The zero-order valence-corrected chi connectivity index (χ0v) is 14.2. The zero-order valence-electron chi connectivity index (χ0n) is 13.4. The number of thiazole rings is 1. The highest BCUT2D eigenvalue weighted by Crippen LogP contribution is 2.30. The summed E-state index contributed by atoms with van der Waals surface area (Å²) in [5, 5.41) is 13.9. The van der Waals surface area contributed by atoms with Gasteiger partial charge in [-0.1, -0.05) is 36.4 Å². The lowest BCUT2D eigenvalue weighted by Crippen LogP contribution is -2.12. The molecule has 5 aromatic rings. The number of anilines is 1. The molecule has 126 valence electrons. The number of rotatable bonds is 3. The monoisotopic (exact) mass is 360 g/mol. The number of nitrogens with zero attached hydrogens (tertiary/aromatic N) is 2. The smallest absolute Gasteiger partial charge is 0.278 e. The molecule has 1 amide bonds. The summed E-state index contributed by atoms with van der Waals surface area (Å²) in [4.78, 5) is 17.0. The van der Waals surface area contributed by atoms with Crippen molar-refractivity contribution in [3.8, 4) is 11.5 Å². The molecule has 0 radical (unpaired) electrons. The highest BCUT2D eigenvalue weighted by molar-refractivity contribution is 7.14. The van der Waals surface area contributed by atoms with E-state index in [9.17, 15) is 4.79 Å². The summed E-state index contributed by atoms with van der Waals surface area (Å²) >= 11 is 1.34. The number of H-pyrrole nitrogens is 1. The Labute approximate surface area is 151 Å². The van der Waals surface area contributed by atoms with Gasteiger partial charge in [0, 0.05) is 16.2 Å². The predicted octanol–water partition coefficient (Wildman–Crippen LogP) is 4.68. The molecular formula is C19H12N4O2S. The molecule has 7 heteroatoms. The summed E-state index contributed by atoms with van der Waals surface area (Å²) < 4.78 is 5.82. The van der Waals surface area contributed by atoms with Crippen LogP contribution in [0.25, 0.3) is 33.3 Å². The molecule has 0 saturated heterocycles. The molecule has 0 bridgehead atoms. The summed E-state index contributed by atoms with van der Waals surface area (Å²) in [6.07, 6.45) is 0. The lowest BCUT2D eigenvalue weighted by Gasteiger charge is -1.98. The van der Waals surface area contributed by atoms with Crippen LogP contribution in [0.3, 0.4) is 0 Å². The molecule has 2 aromatic carbocycles. The molecule has 5 rings (SSSR count). The minimum Gasteiger partial charge on any atom is -0.454 e. The van der Waals surface area contributed by atoms with Crippen molar-refractivity contribution in [2.75, 3.05) is 5.32 Å². The molecule has 0 atom stereocenters. The lowest BCUT2D eigenvalue weighted by atomic mass is 10.2. The topological polar surface area (TPSA) is 83.8 Å². The van der Waals surface area contributed by atoms with Crippen LogP contribution < -0.4 is 5.32 Å². The molecule has 0 saturated carbocycles. The number of para-hydroxylation sites is 2. The Morgan fingerprint density at radius 1 is 1.12 bits per heavy atom. The van der Waals surface area contributed by atoms with E-state index >= 15 is 0 Å². The van der Waals surface area contributed by atoms with Crippen LogP contribution in [0.1, 0.15) is 10.5 Å². The first-order chi connectivity index (χ1) is 12.8. The number of hydrogen-bond donors (Lipinski definition) is 2. The van der Waals surface area contributed by atoms with E-state index in [0.29, 0.717) is 22.3 Å². The number of carbonyl (C=O) groups excluding carboxylic acids is 1. The van der Waals surface area contributed by atoms with Gasteiger partial charge in [0.2, 0.25) is 0 Å². The highest BCUT2D eigenvalue weighted by Gasteiger charge is 2.16. The van der Waals surface area contributed by atoms with Crippen LogP contribution in [0.15, 0.2) is 64.4 Å². The lowest BCUT2D eigenvalue weighted by molar-refractivity contribution is 0.102.